The molecule has 2 heterocycles. The minimum atomic E-state index is -0.0999. The van der Waals surface area contributed by atoms with Crippen molar-refractivity contribution >= 4 is 17.0 Å². The number of benzene rings is 1. The van der Waals surface area contributed by atoms with Crippen LogP contribution in [0.1, 0.15) is 50.6 Å². The maximum atomic E-state index is 12.5. The Kier molecular flexibility index (Phi) is 5.82. The predicted octanol–water partition coefficient (Wildman–Crippen LogP) is 4.31. The largest absolute Gasteiger partial charge is 0.473 e. The lowest BCUT2D eigenvalue weighted by Crippen LogP contribution is -2.15. The molecule has 2 saturated carbocycles. The van der Waals surface area contributed by atoms with Crippen molar-refractivity contribution in [2.24, 2.45) is 17.8 Å². The number of aromatic nitrogens is 4. The summed E-state index contributed by atoms with van der Waals surface area (Å²) >= 11 is 0. The number of ether oxygens (including phenoxy) is 1. The van der Waals surface area contributed by atoms with Crippen molar-refractivity contribution in [3.8, 4) is 5.75 Å². The number of hydrogen-bond acceptors (Lipinski definition) is 6. The van der Waals surface area contributed by atoms with Crippen LogP contribution in [0.5, 0.6) is 5.75 Å². The number of rotatable bonds is 10. The van der Waals surface area contributed by atoms with Crippen molar-refractivity contribution in [3.05, 3.63) is 52.7 Å². The molecule has 0 bridgehead atoms. The molecule has 0 spiro atoms. The Labute approximate surface area is 181 Å². The zero-order valence-electron chi connectivity index (χ0n) is 17.7. The maximum Gasteiger partial charge on any atom is 0.270 e. The number of aryl methyl sites for hydroxylation is 1. The molecule has 3 aromatic rings. The Morgan fingerprint density at radius 2 is 2.03 bits per heavy atom. The molecule has 7 heteroatoms. The fourth-order valence-corrected chi connectivity index (χ4v) is 4.99. The van der Waals surface area contributed by atoms with Gasteiger partial charge in [-0.15, -0.1) is 0 Å². The Morgan fingerprint density at radius 1 is 1.13 bits per heavy atom. The van der Waals surface area contributed by atoms with Crippen LogP contribution in [0.25, 0.3) is 11.0 Å². The van der Waals surface area contributed by atoms with Crippen molar-refractivity contribution in [2.75, 3.05) is 12.0 Å². The van der Waals surface area contributed by atoms with Crippen LogP contribution in [0, 0.1) is 17.8 Å². The van der Waals surface area contributed by atoms with Crippen molar-refractivity contribution in [1.29, 1.82) is 0 Å². The molecule has 0 aliphatic heterocycles. The van der Waals surface area contributed by atoms with Gasteiger partial charge in [0.2, 0.25) is 5.95 Å². The van der Waals surface area contributed by atoms with E-state index in [1.165, 1.54) is 38.5 Å². The molecule has 0 amide bonds. The van der Waals surface area contributed by atoms with E-state index in [-0.39, 0.29) is 12.3 Å². The van der Waals surface area contributed by atoms with Crippen LogP contribution in [0.4, 0.5) is 5.95 Å². The van der Waals surface area contributed by atoms with Gasteiger partial charge in [0.25, 0.3) is 5.56 Å². The molecule has 162 valence electrons. The highest BCUT2D eigenvalue weighted by atomic mass is 16.5. The number of unbranched alkanes of at least 4 members (excludes halogenated alkanes) is 2. The normalized spacial score (nSPS) is 21.7. The topological polar surface area (TPSA) is 92.8 Å². The van der Waals surface area contributed by atoms with E-state index in [1.807, 2.05) is 12.1 Å². The predicted molar refractivity (Wildman–Crippen MR) is 120 cm³/mol. The van der Waals surface area contributed by atoms with Gasteiger partial charge in [0, 0.05) is 18.5 Å². The first kappa shape index (κ1) is 20.0. The van der Waals surface area contributed by atoms with Gasteiger partial charge in [0.15, 0.2) is 6.73 Å². The average molecular weight is 420 g/mol. The number of aromatic amines is 1. The minimum Gasteiger partial charge on any atom is -0.473 e. The molecule has 0 radical (unpaired) electrons. The number of hydrogen-bond donors (Lipinski definition) is 2. The summed E-state index contributed by atoms with van der Waals surface area (Å²) in [7, 11) is 0. The molecule has 2 N–H and O–H groups in total. The maximum absolute atomic E-state index is 12.5. The Bertz CT molecular complexity index is 1080. The lowest BCUT2D eigenvalue weighted by molar-refractivity contribution is 0.346. The highest BCUT2D eigenvalue weighted by molar-refractivity contribution is 5.75. The average Bonchev–Trinajstić information content (AvgIpc) is 3.46. The molecule has 0 saturated heterocycles. The first-order valence-corrected chi connectivity index (χ1v) is 11.4. The summed E-state index contributed by atoms with van der Waals surface area (Å²) in [6.07, 6.45) is 13.3. The van der Waals surface area contributed by atoms with Gasteiger partial charge in [-0.3, -0.25) is 4.79 Å². The third-order valence-corrected chi connectivity index (χ3v) is 6.75. The molecule has 5 rings (SSSR count). The first-order chi connectivity index (χ1) is 15.3. The fourth-order valence-electron chi connectivity index (χ4n) is 4.99. The molecule has 1 aromatic carbocycles. The third-order valence-electron chi connectivity index (χ3n) is 6.75. The molecule has 3 unspecified atom stereocenters. The minimum absolute atomic E-state index is 0.0999. The Balaban J connectivity index is 1.12. The van der Waals surface area contributed by atoms with Crippen LogP contribution in [0.15, 0.2) is 41.5 Å². The van der Waals surface area contributed by atoms with Gasteiger partial charge in [-0.25, -0.2) is 15.0 Å². The number of fused-ring (bicyclic) bond motifs is 2. The molecule has 31 heavy (non-hydrogen) atoms. The summed E-state index contributed by atoms with van der Waals surface area (Å²) in [5, 5.41) is 2.99. The van der Waals surface area contributed by atoms with E-state index in [2.05, 4.69) is 25.3 Å². The van der Waals surface area contributed by atoms with E-state index in [9.17, 15) is 4.79 Å². The van der Waals surface area contributed by atoms with Gasteiger partial charge in [0.1, 0.15) is 11.4 Å². The second kappa shape index (κ2) is 9.04. The van der Waals surface area contributed by atoms with E-state index < -0.39 is 0 Å². The van der Waals surface area contributed by atoms with Gasteiger partial charge >= 0.3 is 0 Å². The summed E-state index contributed by atoms with van der Waals surface area (Å²) in [5.74, 6) is 4.26. The second-order valence-electron chi connectivity index (χ2n) is 8.83. The van der Waals surface area contributed by atoms with Crippen LogP contribution < -0.4 is 15.6 Å². The molecule has 7 nitrogen and oxygen atoms in total. The summed E-state index contributed by atoms with van der Waals surface area (Å²) < 4.78 is 5.69. The Hall–Kier alpha value is -2.96. The monoisotopic (exact) mass is 419 g/mol. The summed E-state index contributed by atoms with van der Waals surface area (Å²) in [5.41, 5.74) is 2.00. The van der Waals surface area contributed by atoms with E-state index in [1.54, 1.807) is 24.5 Å². The highest BCUT2D eigenvalue weighted by Gasteiger charge is 2.47. The molecule has 2 fully saturated rings. The van der Waals surface area contributed by atoms with Crippen molar-refractivity contribution < 1.29 is 4.74 Å². The Morgan fingerprint density at radius 3 is 2.84 bits per heavy atom. The first-order valence-electron chi connectivity index (χ1n) is 11.4. The van der Waals surface area contributed by atoms with E-state index in [0.717, 1.165) is 36.1 Å². The number of anilines is 1. The van der Waals surface area contributed by atoms with Gasteiger partial charge in [-0.2, -0.15) is 0 Å². The zero-order chi connectivity index (χ0) is 21.0. The molecule has 3 atom stereocenters. The van der Waals surface area contributed by atoms with Crippen LogP contribution in [-0.4, -0.2) is 26.7 Å². The van der Waals surface area contributed by atoms with Crippen LogP contribution in [0.2, 0.25) is 0 Å². The molecular formula is C24H29N5O2. The highest BCUT2D eigenvalue weighted by Crippen LogP contribution is 2.56. The van der Waals surface area contributed by atoms with Crippen LogP contribution in [0.3, 0.4) is 0 Å². The summed E-state index contributed by atoms with van der Waals surface area (Å²) in [6.45, 7) is 0.230. The number of nitrogens with zero attached hydrogens (tertiary/aromatic N) is 3. The SMILES string of the molecule is O=c1[nH]c2cc(OCNc3ncccn3)ccc2nc1CCCCCC1CCC2CC12. The third kappa shape index (κ3) is 4.86. The van der Waals surface area contributed by atoms with Gasteiger partial charge in [0.05, 0.1) is 11.0 Å². The van der Waals surface area contributed by atoms with E-state index >= 15 is 0 Å². The lowest BCUT2D eigenvalue weighted by Gasteiger charge is -2.11. The quantitative estimate of drug-likeness (QED) is 0.376. The van der Waals surface area contributed by atoms with Gasteiger partial charge in [-0.05, 0) is 68.1 Å². The number of nitrogens with one attached hydrogen (secondary N) is 2. The van der Waals surface area contributed by atoms with Crippen molar-refractivity contribution in [3.63, 3.8) is 0 Å². The molecule has 2 aliphatic carbocycles. The summed E-state index contributed by atoms with van der Waals surface area (Å²) in [6, 6.07) is 7.30. The smallest absolute Gasteiger partial charge is 0.270 e. The molecule has 2 aromatic heterocycles. The van der Waals surface area contributed by atoms with E-state index in [4.69, 9.17) is 4.74 Å². The van der Waals surface area contributed by atoms with E-state index in [0.29, 0.717) is 22.9 Å². The standard InChI is InChI=1S/C24H29N5O2/c30-23-21(6-3-1-2-5-16-7-8-17-13-19(16)17)28-20-10-9-18(14-22(20)29-23)31-15-27-24-25-11-4-12-26-24/h4,9-12,14,16-17,19H,1-3,5-8,13,15H2,(H,29,30)(H,25,26,27). The lowest BCUT2D eigenvalue weighted by atomic mass is 9.96. The van der Waals surface area contributed by atoms with Crippen molar-refractivity contribution in [2.45, 2.75) is 51.4 Å². The second-order valence-corrected chi connectivity index (χ2v) is 8.83. The van der Waals surface area contributed by atoms with Gasteiger partial charge < -0.3 is 15.0 Å². The van der Waals surface area contributed by atoms with Gasteiger partial charge in [-0.1, -0.05) is 19.3 Å². The summed E-state index contributed by atoms with van der Waals surface area (Å²) in [4.78, 5) is 28.2. The number of H-pyrrole nitrogens is 1. The van der Waals surface area contributed by atoms with Crippen LogP contribution in [-0.2, 0) is 6.42 Å². The zero-order valence-corrected chi connectivity index (χ0v) is 17.7. The van der Waals surface area contributed by atoms with Crippen molar-refractivity contribution in [1.82, 2.24) is 19.9 Å². The van der Waals surface area contributed by atoms with Crippen LogP contribution >= 0.6 is 0 Å². The molecular weight excluding hydrogens is 390 g/mol. The molecule has 2 aliphatic rings. The fraction of sp³-hybridized carbons (Fsp3) is 0.500.